The van der Waals surface area contributed by atoms with Crippen molar-refractivity contribution in [2.24, 2.45) is 16.8 Å². The fourth-order valence-corrected chi connectivity index (χ4v) is 1.08. The first-order valence-corrected chi connectivity index (χ1v) is 5.11. The molecule has 0 aliphatic carbocycles. The van der Waals surface area contributed by atoms with Gasteiger partial charge in [-0.1, -0.05) is 5.16 Å². The second-order valence-electron chi connectivity index (χ2n) is 4.09. The van der Waals surface area contributed by atoms with Gasteiger partial charge in [0.15, 0.2) is 5.84 Å². The Morgan fingerprint density at radius 3 is 2.29 bits per heavy atom. The first-order valence-electron chi connectivity index (χ1n) is 5.11. The molecule has 0 heterocycles. The summed E-state index contributed by atoms with van der Waals surface area (Å²) in [5, 5.41) is 13.4. The summed E-state index contributed by atoms with van der Waals surface area (Å²) in [5.74, 6) is -2.80. The second-order valence-corrected chi connectivity index (χ2v) is 4.09. The molecule has 0 aromatic heterocycles. The van der Waals surface area contributed by atoms with Gasteiger partial charge in [-0.25, -0.2) is 0 Å². The predicted molar refractivity (Wildman–Crippen MR) is 59.0 cm³/mol. The largest absolute Gasteiger partial charge is 0.409 e. The molecule has 102 valence electrons. The number of hydrogen-bond acceptors (Lipinski definition) is 4. The molecule has 5 nitrogen and oxygen atoms in total. The molecule has 2 atom stereocenters. The molecule has 0 aromatic rings. The molecule has 17 heavy (non-hydrogen) atoms. The van der Waals surface area contributed by atoms with Crippen LogP contribution in [-0.2, 0) is 0 Å². The van der Waals surface area contributed by atoms with Crippen LogP contribution in [0.4, 0.5) is 13.2 Å². The SMILES string of the molecule is CC(CNCC(C(N)=NO)C(F)(F)F)N(C)C. The fraction of sp³-hybridized carbons (Fsp3) is 0.889. The number of hydrogen-bond donors (Lipinski definition) is 3. The summed E-state index contributed by atoms with van der Waals surface area (Å²) >= 11 is 0. The van der Waals surface area contributed by atoms with Gasteiger partial charge in [-0.05, 0) is 21.0 Å². The fourth-order valence-electron chi connectivity index (χ4n) is 1.08. The average molecular weight is 256 g/mol. The molecule has 4 N–H and O–H groups in total. The van der Waals surface area contributed by atoms with Crippen molar-refractivity contribution in [2.45, 2.75) is 19.1 Å². The lowest BCUT2D eigenvalue weighted by atomic mass is 10.1. The Kier molecular flexibility index (Phi) is 6.25. The highest BCUT2D eigenvalue weighted by Crippen LogP contribution is 2.25. The molecule has 0 fully saturated rings. The molecule has 0 bridgehead atoms. The third kappa shape index (κ3) is 5.73. The molecule has 0 radical (unpaired) electrons. The zero-order chi connectivity index (χ0) is 13.6. The van der Waals surface area contributed by atoms with Crippen LogP contribution in [0.2, 0.25) is 0 Å². The smallest absolute Gasteiger partial charge is 0.400 e. The molecule has 0 aliphatic rings. The van der Waals surface area contributed by atoms with E-state index >= 15 is 0 Å². The predicted octanol–water partition coefficient (Wildman–Crippen LogP) is 0.451. The molecule has 0 aromatic carbocycles. The van der Waals surface area contributed by atoms with Crippen molar-refractivity contribution in [3.05, 3.63) is 0 Å². The van der Waals surface area contributed by atoms with E-state index in [0.717, 1.165) is 0 Å². The van der Waals surface area contributed by atoms with Crippen LogP contribution in [0.1, 0.15) is 6.92 Å². The number of halogens is 3. The highest BCUT2D eigenvalue weighted by atomic mass is 19.4. The van der Waals surface area contributed by atoms with Gasteiger partial charge in [0.2, 0.25) is 0 Å². The molecule has 0 spiro atoms. The molecule has 2 unspecified atom stereocenters. The first kappa shape index (κ1) is 16.0. The van der Waals surface area contributed by atoms with Gasteiger partial charge < -0.3 is 21.2 Å². The minimum atomic E-state index is -4.52. The molecule has 0 saturated carbocycles. The van der Waals surface area contributed by atoms with Crippen molar-refractivity contribution in [1.29, 1.82) is 0 Å². The Morgan fingerprint density at radius 2 is 1.94 bits per heavy atom. The number of likely N-dealkylation sites (N-methyl/N-ethyl adjacent to an activating group) is 1. The van der Waals surface area contributed by atoms with Crippen LogP contribution in [0.15, 0.2) is 5.16 Å². The molecular formula is C9H19F3N4O. The van der Waals surface area contributed by atoms with Crippen molar-refractivity contribution >= 4 is 5.84 Å². The van der Waals surface area contributed by atoms with Gasteiger partial charge in [0.05, 0.1) is 0 Å². The van der Waals surface area contributed by atoms with Crippen LogP contribution >= 0.6 is 0 Å². The lowest BCUT2D eigenvalue weighted by molar-refractivity contribution is -0.154. The minimum Gasteiger partial charge on any atom is -0.409 e. The Morgan fingerprint density at radius 1 is 1.41 bits per heavy atom. The van der Waals surface area contributed by atoms with Crippen LogP contribution in [0.3, 0.4) is 0 Å². The number of nitrogens with one attached hydrogen (secondary N) is 1. The summed E-state index contributed by atoms with van der Waals surface area (Å²) in [7, 11) is 3.66. The van der Waals surface area contributed by atoms with Gasteiger partial charge in [0, 0.05) is 19.1 Å². The highest BCUT2D eigenvalue weighted by molar-refractivity contribution is 5.83. The molecule has 8 heteroatoms. The van der Waals surface area contributed by atoms with Crippen LogP contribution in [0, 0.1) is 5.92 Å². The standard InChI is InChI=1S/C9H19F3N4O/c1-6(16(2)3)4-14-5-7(8(13)15-17)9(10,11)12/h6-7,14,17H,4-5H2,1-3H3,(H2,13,15). The Hall–Kier alpha value is -1.02. The maximum absolute atomic E-state index is 12.5. The lowest BCUT2D eigenvalue weighted by Gasteiger charge is -2.23. The van der Waals surface area contributed by atoms with E-state index in [-0.39, 0.29) is 6.04 Å². The Labute approximate surface area is 98.4 Å². The first-order chi connectivity index (χ1) is 7.70. The molecular weight excluding hydrogens is 237 g/mol. The van der Waals surface area contributed by atoms with E-state index in [2.05, 4.69) is 10.5 Å². The van der Waals surface area contributed by atoms with Crippen molar-refractivity contribution in [2.75, 3.05) is 27.2 Å². The number of nitrogens with two attached hydrogens (primary N) is 1. The molecule has 0 aliphatic heterocycles. The number of nitrogens with zero attached hydrogens (tertiary/aromatic N) is 2. The molecule has 0 amide bonds. The van der Waals surface area contributed by atoms with E-state index in [4.69, 9.17) is 10.9 Å². The third-order valence-corrected chi connectivity index (χ3v) is 2.54. The summed E-state index contributed by atoms with van der Waals surface area (Å²) < 4.78 is 37.6. The van der Waals surface area contributed by atoms with E-state index < -0.39 is 24.5 Å². The van der Waals surface area contributed by atoms with Gasteiger partial charge in [0.1, 0.15) is 5.92 Å². The average Bonchev–Trinajstić information content (AvgIpc) is 2.21. The summed E-state index contributed by atoms with van der Waals surface area (Å²) in [6, 6.07) is 0.0937. The maximum Gasteiger partial charge on any atom is 0.400 e. The van der Waals surface area contributed by atoms with Gasteiger partial charge in [0.25, 0.3) is 0 Å². The monoisotopic (exact) mass is 256 g/mol. The lowest BCUT2D eigenvalue weighted by Crippen LogP contribution is -2.45. The highest BCUT2D eigenvalue weighted by Gasteiger charge is 2.42. The van der Waals surface area contributed by atoms with Crippen LogP contribution < -0.4 is 11.1 Å². The summed E-state index contributed by atoms with van der Waals surface area (Å²) in [6.07, 6.45) is -4.52. The summed E-state index contributed by atoms with van der Waals surface area (Å²) in [5.41, 5.74) is 5.01. The van der Waals surface area contributed by atoms with Crippen molar-refractivity contribution in [3.8, 4) is 0 Å². The minimum absolute atomic E-state index is 0.0937. The number of rotatable bonds is 6. The van der Waals surface area contributed by atoms with E-state index in [0.29, 0.717) is 6.54 Å². The van der Waals surface area contributed by atoms with Gasteiger partial charge in [-0.2, -0.15) is 13.2 Å². The van der Waals surface area contributed by atoms with E-state index in [1.54, 1.807) is 0 Å². The molecule has 0 saturated heterocycles. The van der Waals surface area contributed by atoms with Crippen molar-refractivity contribution in [1.82, 2.24) is 10.2 Å². The zero-order valence-corrected chi connectivity index (χ0v) is 10.1. The quantitative estimate of drug-likeness (QED) is 0.279. The van der Waals surface area contributed by atoms with Gasteiger partial charge in [-0.15, -0.1) is 0 Å². The van der Waals surface area contributed by atoms with E-state index in [9.17, 15) is 13.2 Å². The number of alkyl halides is 3. The number of oxime groups is 1. The Balaban J connectivity index is 4.30. The van der Waals surface area contributed by atoms with Crippen LogP contribution in [-0.4, -0.2) is 55.3 Å². The van der Waals surface area contributed by atoms with Crippen LogP contribution in [0.25, 0.3) is 0 Å². The zero-order valence-electron chi connectivity index (χ0n) is 10.1. The third-order valence-electron chi connectivity index (χ3n) is 2.54. The number of amidine groups is 1. The Bertz CT molecular complexity index is 255. The van der Waals surface area contributed by atoms with Gasteiger partial charge >= 0.3 is 6.18 Å². The summed E-state index contributed by atoms with van der Waals surface area (Å²) in [4.78, 5) is 1.87. The van der Waals surface area contributed by atoms with Crippen LogP contribution in [0.5, 0.6) is 0 Å². The van der Waals surface area contributed by atoms with Gasteiger partial charge in [-0.3, -0.25) is 0 Å². The van der Waals surface area contributed by atoms with E-state index in [1.807, 2.05) is 25.9 Å². The van der Waals surface area contributed by atoms with E-state index in [1.165, 1.54) is 0 Å². The second kappa shape index (κ2) is 6.65. The van der Waals surface area contributed by atoms with Crippen molar-refractivity contribution in [3.63, 3.8) is 0 Å². The normalized spacial score (nSPS) is 17.2. The molecule has 0 rings (SSSR count). The maximum atomic E-state index is 12.5. The topological polar surface area (TPSA) is 73.9 Å². The van der Waals surface area contributed by atoms with Crippen molar-refractivity contribution < 1.29 is 18.4 Å². The summed E-state index contributed by atoms with van der Waals surface area (Å²) in [6.45, 7) is 1.86.